The second-order valence-electron chi connectivity index (χ2n) is 3.22. The summed E-state index contributed by atoms with van der Waals surface area (Å²) < 4.78 is 11.1. The van der Waals surface area contributed by atoms with E-state index in [1.54, 1.807) is 0 Å². The molecular weight excluding hydrogens is 176 g/mol. The van der Waals surface area contributed by atoms with Crippen LogP contribution >= 0.6 is 0 Å². The molecule has 70 valence electrons. The van der Waals surface area contributed by atoms with Gasteiger partial charge in [0, 0.05) is 22.3 Å². The van der Waals surface area contributed by atoms with Crippen molar-refractivity contribution in [2.45, 2.75) is 25.7 Å². The maximum absolute atomic E-state index is 11.1. The van der Waals surface area contributed by atoms with Crippen LogP contribution in [0.1, 0.15) is 25.7 Å². The molecule has 0 aliphatic heterocycles. The van der Waals surface area contributed by atoms with Crippen LogP contribution in [0.2, 0.25) is 0 Å². The largest absolute Gasteiger partial charge is 0.481 e. The molecule has 1 rings (SSSR count). The molecule has 1 fully saturated rings. The molecule has 0 aromatic carbocycles. The minimum Gasteiger partial charge on any atom is -0.481 e. The van der Waals surface area contributed by atoms with Gasteiger partial charge < -0.3 is 5.11 Å². The smallest absolute Gasteiger partial charge is 0.304 e. The summed E-state index contributed by atoms with van der Waals surface area (Å²) in [5, 5.41) is 8.32. The Morgan fingerprint density at radius 2 is 2.08 bits per heavy atom. The number of hydrogen-bond acceptors (Lipinski definition) is 2. The zero-order chi connectivity index (χ0) is 8.97. The van der Waals surface area contributed by atoms with Gasteiger partial charge in [-0.3, -0.25) is 9.00 Å². The van der Waals surface area contributed by atoms with Gasteiger partial charge in [0.1, 0.15) is 0 Å². The number of hydrogen-bond donors (Lipinski definition) is 1. The quantitative estimate of drug-likeness (QED) is 0.680. The molecule has 1 saturated carbocycles. The van der Waals surface area contributed by atoms with E-state index in [-0.39, 0.29) is 6.42 Å². The monoisotopic (exact) mass is 190 g/mol. The predicted octanol–water partition coefficient (Wildman–Crippen LogP) is 1.01. The van der Waals surface area contributed by atoms with E-state index >= 15 is 0 Å². The van der Waals surface area contributed by atoms with Crippen LogP contribution in [0.4, 0.5) is 0 Å². The summed E-state index contributed by atoms with van der Waals surface area (Å²) in [5.74, 6) is 0.952. The van der Waals surface area contributed by atoms with Crippen molar-refractivity contribution in [3.63, 3.8) is 0 Å². The predicted molar refractivity (Wildman–Crippen MR) is 47.5 cm³/mol. The molecule has 12 heavy (non-hydrogen) atoms. The summed E-state index contributed by atoms with van der Waals surface area (Å²) in [6, 6.07) is 0. The molecule has 4 heteroatoms. The Bertz CT molecular complexity index is 187. The molecule has 3 nitrogen and oxygen atoms in total. The van der Waals surface area contributed by atoms with Gasteiger partial charge in [-0.2, -0.15) is 0 Å². The summed E-state index contributed by atoms with van der Waals surface area (Å²) in [7, 11) is -0.902. The van der Waals surface area contributed by atoms with Gasteiger partial charge in [0.15, 0.2) is 0 Å². The third-order valence-electron chi connectivity index (χ3n) is 1.99. The van der Waals surface area contributed by atoms with Crippen LogP contribution in [0.3, 0.4) is 0 Å². The van der Waals surface area contributed by atoms with Gasteiger partial charge in [-0.25, -0.2) is 0 Å². The molecule has 0 aromatic rings. The topological polar surface area (TPSA) is 54.4 Å². The minimum atomic E-state index is -0.902. The van der Waals surface area contributed by atoms with E-state index in [0.717, 1.165) is 12.3 Å². The Morgan fingerprint density at radius 3 is 2.58 bits per heavy atom. The van der Waals surface area contributed by atoms with Crippen molar-refractivity contribution >= 4 is 16.8 Å². The normalized spacial score (nSPS) is 19.0. The molecule has 0 bridgehead atoms. The van der Waals surface area contributed by atoms with Crippen molar-refractivity contribution in [3.05, 3.63) is 0 Å². The van der Waals surface area contributed by atoms with Crippen molar-refractivity contribution in [1.29, 1.82) is 0 Å². The van der Waals surface area contributed by atoms with E-state index in [9.17, 15) is 9.00 Å². The molecule has 0 amide bonds. The van der Waals surface area contributed by atoms with Gasteiger partial charge in [0.25, 0.3) is 0 Å². The molecule has 0 aromatic heterocycles. The second kappa shape index (κ2) is 4.60. The Labute approximate surface area is 74.6 Å². The highest BCUT2D eigenvalue weighted by Crippen LogP contribution is 2.32. The number of aliphatic carboxylic acids is 1. The lowest BCUT2D eigenvalue weighted by molar-refractivity contribution is -0.136. The minimum absolute atomic E-state index is 0.0390. The third kappa shape index (κ3) is 4.49. The zero-order valence-corrected chi connectivity index (χ0v) is 7.81. The lowest BCUT2D eigenvalue weighted by Crippen LogP contribution is -2.07. The number of carboxylic acid groups (broad SMARTS) is 1. The van der Waals surface area contributed by atoms with Crippen LogP contribution in [0, 0.1) is 5.92 Å². The molecule has 0 heterocycles. The van der Waals surface area contributed by atoms with Gasteiger partial charge in [-0.1, -0.05) is 12.8 Å². The van der Waals surface area contributed by atoms with E-state index in [4.69, 9.17) is 5.11 Å². The first kappa shape index (κ1) is 9.71. The summed E-state index contributed by atoms with van der Waals surface area (Å²) in [5.41, 5.74) is 0. The fraction of sp³-hybridized carbons (Fsp3) is 0.875. The van der Waals surface area contributed by atoms with Gasteiger partial charge in [0.05, 0.1) is 6.42 Å². The van der Waals surface area contributed by atoms with Gasteiger partial charge >= 0.3 is 5.97 Å². The maximum atomic E-state index is 11.1. The zero-order valence-electron chi connectivity index (χ0n) is 6.99. The number of carboxylic acids is 1. The summed E-state index contributed by atoms with van der Waals surface area (Å²) in [4.78, 5) is 10.1. The highest BCUT2D eigenvalue weighted by Gasteiger charge is 2.21. The van der Waals surface area contributed by atoms with Crippen molar-refractivity contribution in [2.75, 3.05) is 11.5 Å². The first-order chi connectivity index (χ1) is 5.68. The van der Waals surface area contributed by atoms with E-state index in [0.29, 0.717) is 11.5 Å². The Balaban J connectivity index is 1.98. The van der Waals surface area contributed by atoms with Crippen LogP contribution < -0.4 is 0 Å². The Kier molecular flexibility index (Phi) is 3.72. The molecule has 1 aliphatic rings. The Morgan fingerprint density at radius 1 is 1.42 bits per heavy atom. The van der Waals surface area contributed by atoms with E-state index in [2.05, 4.69) is 0 Å². The van der Waals surface area contributed by atoms with Gasteiger partial charge in [-0.05, 0) is 12.3 Å². The fourth-order valence-electron chi connectivity index (χ4n) is 1.01. The lowest BCUT2D eigenvalue weighted by atomic mass is 10.3. The highest BCUT2D eigenvalue weighted by molar-refractivity contribution is 7.84. The van der Waals surface area contributed by atoms with E-state index in [1.807, 2.05) is 0 Å². The average Bonchev–Trinajstić information content (AvgIpc) is 2.80. The maximum Gasteiger partial charge on any atom is 0.304 e. The molecule has 0 saturated heterocycles. The van der Waals surface area contributed by atoms with Gasteiger partial charge in [-0.15, -0.1) is 0 Å². The molecule has 0 spiro atoms. The van der Waals surface area contributed by atoms with Crippen LogP contribution in [0.5, 0.6) is 0 Å². The molecular formula is C8H14O3S. The molecule has 1 N–H and O–H groups in total. The molecule has 0 radical (unpaired) electrons. The number of rotatable bonds is 6. The van der Waals surface area contributed by atoms with Crippen LogP contribution in [-0.2, 0) is 15.6 Å². The number of carbonyl (C=O) groups is 1. The van der Waals surface area contributed by atoms with Crippen LogP contribution in [0.25, 0.3) is 0 Å². The Hall–Kier alpha value is -0.380. The van der Waals surface area contributed by atoms with E-state index < -0.39 is 16.8 Å². The van der Waals surface area contributed by atoms with Crippen molar-refractivity contribution in [1.82, 2.24) is 0 Å². The van der Waals surface area contributed by atoms with Gasteiger partial charge in [0.2, 0.25) is 0 Å². The first-order valence-corrected chi connectivity index (χ1v) is 5.74. The summed E-state index contributed by atoms with van der Waals surface area (Å²) in [6.07, 6.45) is 3.61. The fourth-order valence-corrected chi connectivity index (χ4v) is 2.21. The lowest BCUT2D eigenvalue weighted by Gasteiger charge is -1.98. The standard InChI is InChI=1S/C8H14O3S/c9-8(10)4-6-12(11)5-3-7-1-2-7/h7H,1-6H2,(H,9,10). The van der Waals surface area contributed by atoms with Crippen molar-refractivity contribution in [2.24, 2.45) is 5.92 Å². The van der Waals surface area contributed by atoms with Crippen molar-refractivity contribution in [3.8, 4) is 0 Å². The summed E-state index contributed by atoms with van der Waals surface area (Å²) in [6.45, 7) is 0. The third-order valence-corrected chi connectivity index (χ3v) is 3.34. The molecule has 1 atom stereocenters. The second-order valence-corrected chi connectivity index (χ2v) is 4.92. The highest BCUT2D eigenvalue weighted by atomic mass is 32.2. The summed E-state index contributed by atoms with van der Waals surface area (Å²) >= 11 is 0. The van der Waals surface area contributed by atoms with Crippen LogP contribution in [-0.4, -0.2) is 26.8 Å². The van der Waals surface area contributed by atoms with Crippen molar-refractivity contribution < 1.29 is 14.1 Å². The van der Waals surface area contributed by atoms with E-state index in [1.165, 1.54) is 12.8 Å². The SMILES string of the molecule is O=C(O)CCS(=O)CCC1CC1. The molecule has 1 aliphatic carbocycles. The van der Waals surface area contributed by atoms with Crippen LogP contribution in [0.15, 0.2) is 0 Å². The first-order valence-electron chi connectivity index (χ1n) is 4.25. The molecule has 1 unspecified atom stereocenters. The average molecular weight is 190 g/mol.